The minimum absolute atomic E-state index is 0.247. The predicted molar refractivity (Wildman–Crippen MR) is 90.2 cm³/mol. The Balaban J connectivity index is 1.60. The molecule has 3 aromatic rings. The lowest BCUT2D eigenvalue weighted by molar-refractivity contribution is 0.0957. The highest BCUT2D eigenvalue weighted by molar-refractivity contribution is 7.99. The zero-order valence-corrected chi connectivity index (χ0v) is 13.8. The number of H-pyrrole nitrogens is 1. The van der Waals surface area contributed by atoms with Gasteiger partial charge in [0.25, 0.3) is 5.91 Å². The van der Waals surface area contributed by atoms with Crippen LogP contribution in [-0.2, 0) is 7.05 Å². The highest BCUT2D eigenvalue weighted by Gasteiger charge is 2.15. The second-order valence-corrected chi connectivity index (χ2v) is 6.16. The number of aromatic amines is 1. The summed E-state index contributed by atoms with van der Waals surface area (Å²) >= 11 is 1.56. The largest absolute Gasteiger partial charge is 0.351 e. The average Bonchev–Trinajstić information content (AvgIpc) is 3.20. The Hall–Kier alpha value is -2.61. The molecule has 2 heterocycles. The van der Waals surface area contributed by atoms with Gasteiger partial charge in [0.15, 0.2) is 5.16 Å². The minimum atomic E-state index is -0.361. The highest BCUT2D eigenvalue weighted by atomic mass is 32.2. The van der Waals surface area contributed by atoms with E-state index in [2.05, 4.69) is 20.5 Å². The molecule has 0 aliphatic carbocycles. The molecule has 0 aliphatic heterocycles. The van der Waals surface area contributed by atoms with Gasteiger partial charge in [-0.2, -0.15) is 5.10 Å². The van der Waals surface area contributed by atoms with Gasteiger partial charge in [0, 0.05) is 37.3 Å². The first kappa shape index (κ1) is 16.3. The lowest BCUT2D eigenvalue weighted by atomic mass is 10.1. The van der Waals surface area contributed by atoms with Gasteiger partial charge in [-0.05, 0) is 12.1 Å². The second kappa shape index (κ2) is 7.31. The first-order valence-electron chi connectivity index (χ1n) is 7.33. The lowest BCUT2D eigenvalue weighted by Gasteiger charge is -2.06. The third-order valence-corrected chi connectivity index (χ3v) is 4.45. The fraction of sp³-hybridized carbons (Fsp3) is 0.188. The van der Waals surface area contributed by atoms with Crippen molar-refractivity contribution in [3.05, 3.63) is 54.2 Å². The van der Waals surface area contributed by atoms with Gasteiger partial charge in [0.1, 0.15) is 5.82 Å². The molecule has 6 nitrogen and oxygen atoms in total. The summed E-state index contributed by atoms with van der Waals surface area (Å²) in [5.41, 5.74) is 1.48. The molecule has 24 heavy (non-hydrogen) atoms. The number of carbonyl (C=O) groups excluding carboxylic acids is 1. The van der Waals surface area contributed by atoms with E-state index in [0.717, 1.165) is 5.16 Å². The van der Waals surface area contributed by atoms with Crippen LogP contribution in [0.15, 0.2) is 48.0 Å². The zero-order valence-electron chi connectivity index (χ0n) is 13.0. The number of amides is 1. The maximum absolute atomic E-state index is 13.4. The van der Waals surface area contributed by atoms with E-state index in [0.29, 0.717) is 29.1 Å². The molecular weight excluding hydrogens is 329 g/mol. The Morgan fingerprint density at radius 1 is 1.46 bits per heavy atom. The van der Waals surface area contributed by atoms with Crippen molar-refractivity contribution in [2.24, 2.45) is 7.05 Å². The van der Waals surface area contributed by atoms with Gasteiger partial charge in [-0.3, -0.25) is 9.89 Å². The van der Waals surface area contributed by atoms with Gasteiger partial charge in [0.2, 0.25) is 0 Å². The van der Waals surface area contributed by atoms with Gasteiger partial charge < -0.3 is 9.88 Å². The molecule has 0 radical (unpaired) electrons. The molecule has 0 bridgehead atoms. The minimum Gasteiger partial charge on any atom is -0.351 e. The van der Waals surface area contributed by atoms with Gasteiger partial charge in [-0.1, -0.05) is 23.9 Å². The number of aromatic nitrogens is 4. The van der Waals surface area contributed by atoms with Gasteiger partial charge >= 0.3 is 0 Å². The van der Waals surface area contributed by atoms with E-state index in [9.17, 15) is 9.18 Å². The Morgan fingerprint density at radius 3 is 3.08 bits per heavy atom. The van der Waals surface area contributed by atoms with E-state index in [1.165, 1.54) is 18.3 Å². The van der Waals surface area contributed by atoms with Crippen molar-refractivity contribution in [3.63, 3.8) is 0 Å². The van der Waals surface area contributed by atoms with Gasteiger partial charge in [-0.15, -0.1) is 0 Å². The van der Waals surface area contributed by atoms with Crippen molar-refractivity contribution in [3.8, 4) is 11.3 Å². The van der Waals surface area contributed by atoms with Crippen molar-refractivity contribution in [2.45, 2.75) is 5.16 Å². The monoisotopic (exact) mass is 345 g/mol. The summed E-state index contributed by atoms with van der Waals surface area (Å²) in [6.07, 6.45) is 5.05. The van der Waals surface area contributed by atoms with Crippen molar-refractivity contribution in [1.29, 1.82) is 0 Å². The zero-order chi connectivity index (χ0) is 16.9. The number of aryl methyl sites for hydroxylation is 1. The lowest BCUT2D eigenvalue weighted by Crippen LogP contribution is -2.26. The van der Waals surface area contributed by atoms with Gasteiger partial charge in [-0.25, -0.2) is 9.37 Å². The molecule has 0 aliphatic rings. The van der Waals surface area contributed by atoms with Crippen LogP contribution in [0.2, 0.25) is 0 Å². The van der Waals surface area contributed by atoms with Crippen LogP contribution in [0.1, 0.15) is 10.4 Å². The predicted octanol–water partition coefficient (Wildman–Crippen LogP) is 2.47. The molecule has 1 amide bonds. The van der Waals surface area contributed by atoms with Gasteiger partial charge in [0.05, 0.1) is 17.5 Å². The third-order valence-electron chi connectivity index (χ3n) is 3.39. The molecule has 8 heteroatoms. The number of hydrogen-bond acceptors (Lipinski definition) is 4. The van der Waals surface area contributed by atoms with Crippen molar-refractivity contribution < 1.29 is 9.18 Å². The first-order chi connectivity index (χ1) is 11.6. The molecule has 2 N–H and O–H groups in total. The van der Waals surface area contributed by atoms with Crippen LogP contribution >= 0.6 is 11.8 Å². The molecule has 124 valence electrons. The summed E-state index contributed by atoms with van der Waals surface area (Å²) in [7, 11) is 1.92. The molecule has 0 fully saturated rings. The molecular formula is C16H16FN5OS. The molecule has 0 unspecified atom stereocenters. The number of nitrogens with one attached hydrogen (secondary N) is 2. The Morgan fingerprint density at radius 2 is 2.33 bits per heavy atom. The van der Waals surface area contributed by atoms with E-state index < -0.39 is 0 Å². The summed E-state index contributed by atoms with van der Waals surface area (Å²) in [5.74, 6) is 0.0902. The summed E-state index contributed by atoms with van der Waals surface area (Å²) in [5, 5.41) is 10.4. The van der Waals surface area contributed by atoms with E-state index in [4.69, 9.17) is 0 Å². The molecule has 0 saturated carbocycles. The number of halogens is 1. The quantitative estimate of drug-likeness (QED) is 0.532. The van der Waals surface area contributed by atoms with Crippen molar-refractivity contribution >= 4 is 17.7 Å². The highest BCUT2D eigenvalue weighted by Crippen LogP contribution is 2.21. The molecule has 0 spiro atoms. The van der Waals surface area contributed by atoms with Crippen LogP contribution < -0.4 is 5.32 Å². The number of hydrogen-bond donors (Lipinski definition) is 2. The number of rotatable bonds is 6. The normalized spacial score (nSPS) is 10.8. The number of imidazole rings is 1. The first-order valence-corrected chi connectivity index (χ1v) is 8.31. The molecule has 2 aromatic heterocycles. The second-order valence-electron chi connectivity index (χ2n) is 5.09. The Bertz CT molecular complexity index is 844. The number of benzene rings is 1. The smallest absolute Gasteiger partial charge is 0.255 e. The van der Waals surface area contributed by atoms with Crippen LogP contribution in [0.3, 0.4) is 0 Å². The van der Waals surface area contributed by atoms with Crippen LogP contribution in [0.4, 0.5) is 4.39 Å². The Labute approximate surface area is 142 Å². The van der Waals surface area contributed by atoms with Crippen LogP contribution in [0.25, 0.3) is 11.3 Å². The van der Waals surface area contributed by atoms with E-state index in [1.54, 1.807) is 30.1 Å². The summed E-state index contributed by atoms with van der Waals surface area (Å²) < 4.78 is 15.3. The maximum Gasteiger partial charge on any atom is 0.255 e. The maximum atomic E-state index is 13.4. The molecule has 3 rings (SSSR count). The van der Waals surface area contributed by atoms with Crippen molar-refractivity contribution in [1.82, 2.24) is 25.1 Å². The molecule has 0 atom stereocenters. The Kier molecular flexibility index (Phi) is 4.95. The fourth-order valence-corrected chi connectivity index (χ4v) is 3.00. The SMILES string of the molecule is Cn1ccnc1SCCNC(=O)c1cn[nH]c1-c1cccc(F)c1. The van der Waals surface area contributed by atoms with Crippen molar-refractivity contribution in [2.75, 3.05) is 12.3 Å². The van der Waals surface area contributed by atoms with Crippen LogP contribution in [-0.4, -0.2) is 38.0 Å². The van der Waals surface area contributed by atoms with Crippen LogP contribution in [0.5, 0.6) is 0 Å². The summed E-state index contributed by atoms with van der Waals surface area (Å²) in [6.45, 7) is 0.490. The molecule has 1 aromatic carbocycles. The number of thioether (sulfide) groups is 1. The summed E-state index contributed by atoms with van der Waals surface area (Å²) in [6, 6.07) is 6.04. The van der Waals surface area contributed by atoms with E-state index in [1.807, 2.05) is 17.8 Å². The average molecular weight is 345 g/mol. The van der Waals surface area contributed by atoms with Crippen LogP contribution in [0, 0.1) is 5.82 Å². The standard InChI is InChI=1S/C16H16FN5OS/c1-22-7-5-19-16(22)24-8-6-18-15(23)13-10-20-21-14(13)11-3-2-4-12(17)9-11/h2-5,7,9-10H,6,8H2,1H3,(H,18,23)(H,20,21). The summed E-state index contributed by atoms with van der Waals surface area (Å²) in [4.78, 5) is 16.5. The molecule has 0 saturated heterocycles. The number of nitrogens with zero attached hydrogens (tertiary/aromatic N) is 3. The van der Waals surface area contributed by atoms with E-state index in [-0.39, 0.29) is 11.7 Å². The fourth-order valence-electron chi connectivity index (χ4n) is 2.22. The topological polar surface area (TPSA) is 75.6 Å². The third kappa shape index (κ3) is 3.65. The van der Waals surface area contributed by atoms with E-state index >= 15 is 0 Å². The number of carbonyl (C=O) groups is 1.